The van der Waals surface area contributed by atoms with Crippen LogP contribution in [-0.2, 0) is 14.8 Å². The zero-order chi connectivity index (χ0) is 24.1. The average molecular weight is 484 g/mol. The van der Waals surface area contributed by atoms with Crippen LogP contribution >= 0.6 is 11.6 Å². The fourth-order valence-corrected chi connectivity index (χ4v) is 4.99. The predicted octanol–water partition coefficient (Wildman–Crippen LogP) is 3.82. The van der Waals surface area contributed by atoms with E-state index in [9.17, 15) is 18.0 Å². The van der Waals surface area contributed by atoms with Crippen molar-refractivity contribution in [3.63, 3.8) is 0 Å². The minimum absolute atomic E-state index is 0.0134. The molecule has 0 bridgehead atoms. The van der Waals surface area contributed by atoms with Gasteiger partial charge in [-0.3, -0.25) is 4.79 Å². The lowest BCUT2D eigenvalue weighted by Crippen LogP contribution is -2.31. The van der Waals surface area contributed by atoms with E-state index in [0.29, 0.717) is 5.75 Å². The molecular weight excluding hydrogens is 458 g/mol. The Bertz CT molecular complexity index is 1100. The molecule has 10 heteroatoms. The molecule has 0 aliphatic carbocycles. The van der Waals surface area contributed by atoms with Gasteiger partial charge in [-0.05, 0) is 37.3 Å². The third-order valence-electron chi connectivity index (χ3n) is 4.82. The number of sulfonamides is 1. The molecule has 2 aromatic rings. The molecule has 0 fully saturated rings. The van der Waals surface area contributed by atoms with Crippen molar-refractivity contribution in [2.45, 2.75) is 31.8 Å². The molecule has 2 aromatic carbocycles. The van der Waals surface area contributed by atoms with E-state index in [1.54, 1.807) is 26.0 Å². The summed E-state index contributed by atoms with van der Waals surface area (Å²) in [5, 5.41) is -0.0134. The standard InChI is InChI=1S/C22H26ClNO7S/c1-6-24(7-2)32(27,28)20-12-15(8-11-18(20)23)22(26)31-14(3)21(25)17-10-9-16(29-4)13-19(17)30-5/h8-14H,6-7H2,1-5H3/t14-/m0/s1. The molecule has 0 N–H and O–H groups in total. The van der Waals surface area contributed by atoms with Gasteiger partial charge in [-0.1, -0.05) is 25.4 Å². The maximum Gasteiger partial charge on any atom is 0.338 e. The lowest BCUT2D eigenvalue weighted by atomic mass is 10.1. The Morgan fingerprint density at radius 1 is 1.03 bits per heavy atom. The smallest absolute Gasteiger partial charge is 0.338 e. The van der Waals surface area contributed by atoms with E-state index in [4.69, 9.17) is 25.8 Å². The van der Waals surface area contributed by atoms with Gasteiger partial charge in [0, 0.05) is 19.2 Å². The first-order chi connectivity index (χ1) is 15.1. The van der Waals surface area contributed by atoms with Crippen LogP contribution < -0.4 is 9.47 Å². The van der Waals surface area contributed by atoms with Crippen molar-refractivity contribution in [3.8, 4) is 11.5 Å². The molecule has 0 unspecified atom stereocenters. The first-order valence-corrected chi connectivity index (χ1v) is 11.7. The number of nitrogens with zero attached hydrogens (tertiary/aromatic N) is 1. The molecule has 0 aliphatic heterocycles. The average Bonchev–Trinajstić information content (AvgIpc) is 2.78. The third-order valence-corrected chi connectivity index (χ3v) is 7.35. The quantitative estimate of drug-likeness (QED) is 0.374. The van der Waals surface area contributed by atoms with Crippen molar-refractivity contribution in [2.75, 3.05) is 27.3 Å². The van der Waals surface area contributed by atoms with Crippen molar-refractivity contribution in [2.24, 2.45) is 0 Å². The van der Waals surface area contributed by atoms with Crippen LogP contribution in [0, 0.1) is 0 Å². The fourth-order valence-electron chi connectivity index (χ4n) is 3.03. The van der Waals surface area contributed by atoms with Crippen LogP contribution in [0.5, 0.6) is 11.5 Å². The maximum atomic E-state index is 12.8. The van der Waals surface area contributed by atoms with Crippen molar-refractivity contribution in [3.05, 3.63) is 52.5 Å². The summed E-state index contributed by atoms with van der Waals surface area (Å²) >= 11 is 6.10. The minimum Gasteiger partial charge on any atom is -0.497 e. The Morgan fingerprint density at radius 3 is 2.25 bits per heavy atom. The van der Waals surface area contributed by atoms with Gasteiger partial charge < -0.3 is 14.2 Å². The summed E-state index contributed by atoms with van der Waals surface area (Å²) < 4.78 is 42.6. The highest BCUT2D eigenvalue weighted by Gasteiger charge is 2.28. The van der Waals surface area contributed by atoms with E-state index in [1.165, 1.54) is 43.6 Å². The normalized spacial score (nSPS) is 12.3. The molecule has 1 atom stereocenters. The minimum atomic E-state index is -3.89. The Kier molecular flexibility index (Phi) is 8.65. The van der Waals surface area contributed by atoms with Gasteiger partial charge in [0.1, 0.15) is 16.4 Å². The number of hydrogen-bond donors (Lipinski definition) is 0. The molecule has 2 rings (SSSR count). The predicted molar refractivity (Wildman–Crippen MR) is 120 cm³/mol. The Hall–Kier alpha value is -2.62. The second kappa shape index (κ2) is 10.8. The van der Waals surface area contributed by atoms with Crippen LogP contribution in [0.15, 0.2) is 41.3 Å². The number of methoxy groups -OCH3 is 2. The van der Waals surface area contributed by atoms with Crippen molar-refractivity contribution in [1.82, 2.24) is 4.31 Å². The number of halogens is 1. The van der Waals surface area contributed by atoms with Crippen LogP contribution in [0.3, 0.4) is 0 Å². The van der Waals surface area contributed by atoms with E-state index < -0.39 is 27.9 Å². The second-order valence-corrected chi connectivity index (χ2v) is 9.03. The monoisotopic (exact) mass is 483 g/mol. The maximum absolute atomic E-state index is 12.8. The Morgan fingerprint density at radius 2 is 1.69 bits per heavy atom. The summed E-state index contributed by atoms with van der Waals surface area (Å²) in [6, 6.07) is 8.47. The van der Waals surface area contributed by atoms with Crippen molar-refractivity contribution in [1.29, 1.82) is 0 Å². The fraction of sp³-hybridized carbons (Fsp3) is 0.364. The molecule has 32 heavy (non-hydrogen) atoms. The topological polar surface area (TPSA) is 99.2 Å². The summed E-state index contributed by atoms with van der Waals surface area (Å²) in [4.78, 5) is 25.3. The molecule has 0 heterocycles. The number of Topliss-reactive ketones (excluding diaryl/α,β-unsaturated/α-hetero) is 1. The summed E-state index contributed by atoms with van der Waals surface area (Å²) in [7, 11) is -0.995. The first kappa shape index (κ1) is 25.6. The number of ketones is 1. The van der Waals surface area contributed by atoms with Gasteiger partial charge in [-0.25, -0.2) is 13.2 Å². The zero-order valence-corrected chi connectivity index (χ0v) is 20.1. The van der Waals surface area contributed by atoms with Gasteiger partial charge in [-0.2, -0.15) is 4.31 Å². The number of carbonyl (C=O) groups excluding carboxylic acids is 2. The van der Waals surface area contributed by atoms with Gasteiger partial charge in [0.2, 0.25) is 15.8 Å². The van der Waals surface area contributed by atoms with Gasteiger partial charge in [0.25, 0.3) is 0 Å². The highest BCUT2D eigenvalue weighted by Crippen LogP contribution is 2.28. The van der Waals surface area contributed by atoms with Crippen molar-refractivity contribution < 1.29 is 32.2 Å². The third kappa shape index (κ3) is 5.40. The van der Waals surface area contributed by atoms with Crippen LogP contribution in [0.4, 0.5) is 0 Å². The van der Waals surface area contributed by atoms with Crippen LogP contribution in [0.1, 0.15) is 41.5 Å². The molecule has 0 saturated heterocycles. The molecular formula is C22H26ClNO7S. The van der Waals surface area contributed by atoms with Crippen LogP contribution in [0.25, 0.3) is 0 Å². The summed E-state index contributed by atoms with van der Waals surface area (Å²) in [5.74, 6) is -0.559. The zero-order valence-electron chi connectivity index (χ0n) is 18.5. The Balaban J connectivity index is 2.29. The first-order valence-electron chi connectivity index (χ1n) is 9.87. The van der Waals surface area contributed by atoms with E-state index in [0.717, 1.165) is 6.07 Å². The van der Waals surface area contributed by atoms with E-state index in [2.05, 4.69) is 0 Å². The van der Waals surface area contributed by atoms with Gasteiger partial charge >= 0.3 is 5.97 Å². The largest absolute Gasteiger partial charge is 0.497 e. The molecule has 174 valence electrons. The number of rotatable bonds is 10. The molecule has 0 radical (unpaired) electrons. The molecule has 0 amide bonds. The molecule has 0 spiro atoms. The highest BCUT2D eigenvalue weighted by molar-refractivity contribution is 7.89. The number of esters is 1. The summed E-state index contributed by atoms with van der Waals surface area (Å²) in [5.41, 5.74) is 0.177. The second-order valence-electron chi connectivity index (χ2n) is 6.71. The summed E-state index contributed by atoms with van der Waals surface area (Å²) in [6.45, 7) is 5.33. The van der Waals surface area contributed by atoms with Gasteiger partial charge in [0.15, 0.2) is 6.10 Å². The van der Waals surface area contributed by atoms with E-state index in [-0.39, 0.29) is 39.9 Å². The summed E-state index contributed by atoms with van der Waals surface area (Å²) in [6.07, 6.45) is -1.15. The van der Waals surface area contributed by atoms with Gasteiger partial charge in [0.05, 0.1) is 30.4 Å². The van der Waals surface area contributed by atoms with Crippen LogP contribution in [0.2, 0.25) is 5.02 Å². The number of carbonyl (C=O) groups is 2. The molecule has 0 saturated carbocycles. The number of benzene rings is 2. The Labute approximate surface area is 193 Å². The van der Waals surface area contributed by atoms with Crippen LogP contribution in [-0.4, -0.2) is 57.9 Å². The molecule has 8 nitrogen and oxygen atoms in total. The highest BCUT2D eigenvalue weighted by atomic mass is 35.5. The lowest BCUT2D eigenvalue weighted by molar-refractivity contribution is 0.0317. The molecule has 0 aromatic heterocycles. The number of ether oxygens (including phenoxy) is 3. The van der Waals surface area contributed by atoms with E-state index >= 15 is 0 Å². The van der Waals surface area contributed by atoms with E-state index in [1.807, 2.05) is 0 Å². The van der Waals surface area contributed by atoms with Crippen molar-refractivity contribution >= 4 is 33.4 Å². The molecule has 0 aliphatic rings. The SMILES string of the molecule is CCN(CC)S(=O)(=O)c1cc(C(=O)O[C@@H](C)C(=O)c2ccc(OC)cc2OC)ccc1Cl. The number of hydrogen-bond acceptors (Lipinski definition) is 7. The lowest BCUT2D eigenvalue weighted by Gasteiger charge is -2.20. The van der Waals surface area contributed by atoms with Gasteiger partial charge in [-0.15, -0.1) is 0 Å².